The average molecular weight is 194 g/mol. The molecular weight excluding hydrogens is 184 g/mol. The number of ether oxygens (including phenoxy) is 1. The molecule has 0 spiro atoms. The molecule has 0 bridgehead atoms. The highest BCUT2D eigenvalue weighted by Gasteiger charge is 2.13. The minimum absolute atomic E-state index is 0.625. The number of fused-ring (bicyclic) bond motifs is 2. The highest BCUT2D eigenvalue weighted by atomic mass is 16.5. The minimum Gasteiger partial charge on any atom is -0.489 e. The van der Waals surface area contributed by atoms with Crippen LogP contribution in [-0.2, 0) is 6.61 Å². The summed E-state index contributed by atoms with van der Waals surface area (Å²) in [5, 5.41) is 0. The smallest absolute Gasteiger partial charge is 0.124 e. The first-order valence-corrected chi connectivity index (χ1v) is 5.00. The summed E-state index contributed by atoms with van der Waals surface area (Å²) >= 11 is 0. The first-order chi connectivity index (χ1) is 7.43. The van der Waals surface area contributed by atoms with E-state index in [-0.39, 0.29) is 0 Å². The van der Waals surface area contributed by atoms with Gasteiger partial charge in [-0.2, -0.15) is 0 Å². The van der Waals surface area contributed by atoms with Crippen LogP contribution in [0.5, 0.6) is 5.75 Å². The molecule has 72 valence electrons. The van der Waals surface area contributed by atoms with E-state index in [0.717, 1.165) is 16.9 Å². The third-order valence-electron chi connectivity index (χ3n) is 2.56. The molecule has 1 nitrogen and oxygen atoms in total. The Bertz CT molecular complexity index is 443. The molecule has 0 saturated heterocycles. The zero-order chi connectivity index (χ0) is 10.1. The molecule has 1 heterocycles. The fourth-order valence-electron chi connectivity index (χ4n) is 1.76. The Morgan fingerprint density at radius 2 is 1.60 bits per heavy atom. The van der Waals surface area contributed by atoms with Crippen LogP contribution in [0.1, 0.15) is 16.7 Å². The van der Waals surface area contributed by atoms with E-state index in [1.807, 2.05) is 36.4 Å². The fraction of sp³-hybridized carbons (Fsp3) is 0.0714. The summed E-state index contributed by atoms with van der Waals surface area (Å²) < 4.78 is 5.71. The van der Waals surface area contributed by atoms with Crippen molar-refractivity contribution in [2.75, 3.05) is 0 Å². The molecule has 2 aromatic rings. The van der Waals surface area contributed by atoms with Crippen molar-refractivity contribution in [2.24, 2.45) is 0 Å². The molecule has 2 aromatic carbocycles. The predicted molar refractivity (Wildman–Crippen MR) is 58.7 cm³/mol. The van der Waals surface area contributed by atoms with E-state index in [1.165, 1.54) is 5.56 Å². The number of rotatable bonds is 0. The van der Waals surface area contributed by atoms with Gasteiger partial charge in [-0.15, -0.1) is 0 Å². The van der Waals surface area contributed by atoms with Crippen LogP contribution >= 0.6 is 0 Å². The Morgan fingerprint density at radius 1 is 0.867 bits per heavy atom. The highest BCUT2D eigenvalue weighted by Crippen LogP contribution is 2.28. The monoisotopic (exact) mass is 194 g/mol. The molecule has 0 saturated carbocycles. The number of para-hydroxylation sites is 1. The Kier molecular flexibility index (Phi) is 1.95. The van der Waals surface area contributed by atoms with Crippen molar-refractivity contribution in [3.05, 3.63) is 71.6 Å². The summed E-state index contributed by atoms with van der Waals surface area (Å²) in [6.07, 6.45) is 3.38. The predicted octanol–water partition coefficient (Wildman–Crippen LogP) is 3.06. The lowest BCUT2D eigenvalue weighted by Gasteiger charge is -2.04. The molecule has 2 radical (unpaired) electrons. The van der Waals surface area contributed by atoms with E-state index in [9.17, 15) is 0 Å². The molecule has 0 atom stereocenters. The zero-order valence-electron chi connectivity index (χ0n) is 8.23. The van der Waals surface area contributed by atoms with E-state index in [1.54, 1.807) is 0 Å². The van der Waals surface area contributed by atoms with E-state index < -0.39 is 0 Å². The maximum Gasteiger partial charge on any atom is 0.124 e. The first-order valence-electron chi connectivity index (χ1n) is 5.00. The van der Waals surface area contributed by atoms with Crippen LogP contribution in [-0.4, -0.2) is 0 Å². The summed E-state index contributed by atoms with van der Waals surface area (Å²) in [6, 6.07) is 16.2. The van der Waals surface area contributed by atoms with Crippen molar-refractivity contribution in [1.82, 2.24) is 0 Å². The van der Waals surface area contributed by atoms with Gasteiger partial charge in [0.15, 0.2) is 0 Å². The first kappa shape index (κ1) is 8.54. The summed E-state index contributed by atoms with van der Waals surface area (Å²) in [5.41, 5.74) is 3.35. The largest absolute Gasteiger partial charge is 0.489 e. The van der Waals surface area contributed by atoms with Gasteiger partial charge in [0.1, 0.15) is 12.4 Å². The van der Waals surface area contributed by atoms with Crippen molar-refractivity contribution >= 4 is 0 Å². The lowest BCUT2D eigenvalue weighted by Crippen LogP contribution is -1.94. The Morgan fingerprint density at radius 3 is 2.53 bits per heavy atom. The van der Waals surface area contributed by atoms with Crippen LogP contribution in [0.4, 0.5) is 0 Å². The van der Waals surface area contributed by atoms with E-state index in [4.69, 9.17) is 4.74 Å². The molecule has 15 heavy (non-hydrogen) atoms. The third kappa shape index (κ3) is 1.50. The van der Waals surface area contributed by atoms with Gasteiger partial charge in [0.25, 0.3) is 0 Å². The third-order valence-corrected chi connectivity index (χ3v) is 2.56. The maximum atomic E-state index is 5.71. The van der Waals surface area contributed by atoms with Crippen molar-refractivity contribution in [3.63, 3.8) is 0 Å². The van der Waals surface area contributed by atoms with Gasteiger partial charge in [-0.25, -0.2) is 0 Å². The average Bonchev–Trinajstić information content (AvgIpc) is 2.48. The van der Waals surface area contributed by atoms with Gasteiger partial charge in [0.05, 0.1) is 6.42 Å². The number of hydrogen-bond acceptors (Lipinski definition) is 1. The standard InChI is InChI=1S/C14H10O/c1-2-7-13-10-15-14-8-4-3-6-12(14)9-11(13)5-1/h1-8H,10H2. The van der Waals surface area contributed by atoms with Crippen LogP contribution in [0.2, 0.25) is 0 Å². The van der Waals surface area contributed by atoms with Gasteiger partial charge in [0.2, 0.25) is 0 Å². The Balaban J connectivity index is 2.10. The van der Waals surface area contributed by atoms with E-state index >= 15 is 0 Å². The molecule has 0 aliphatic carbocycles. The van der Waals surface area contributed by atoms with Crippen molar-refractivity contribution < 1.29 is 4.74 Å². The summed E-state index contributed by atoms with van der Waals surface area (Å²) in [5.74, 6) is 0.911. The van der Waals surface area contributed by atoms with Gasteiger partial charge >= 0.3 is 0 Å². The summed E-state index contributed by atoms with van der Waals surface area (Å²) in [7, 11) is 0. The van der Waals surface area contributed by atoms with Crippen LogP contribution < -0.4 is 4.74 Å². The molecule has 1 aliphatic heterocycles. The second kappa shape index (κ2) is 3.43. The number of benzene rings is 2. The van der Waals surface area contributed by atoms with Crippen molar-refractivity contribution in [2.45, 2.75) is 6.61 Å². The molecule has 0 fully saturated rings. The van der Waals surface area contributed by atoms with Gasteiger partial charge in [-0.3, -0.25) is 0 Å². The van der Waals surface area contributed by atoms with Gasteiger partial charge in [-0.1, -0.05) is 42.5 Å². The molecule has 3 rings (SSSR count). The molecule has 0 N–H and O–H groups in total. The van der Waals surface area contributed by atoms with Crippen LogP contribution in [0, 0.1) is 6.42 Å². The van der Waals surface area contributed by atoms with Crippen molar-refractivity contribution in [1.29, 1.82) is 0 Å². The molecule has 0 aromatic heterocycles. The van der Waals surface area contributed by atoms with Crippen LogP contribution in [0.25, 0.3) is 0 Å². The number of hydrogen-bond donors (Lipinski definition) is 0. The maximum absolute atomic E-state index is 5.71. The quantitative estimate of drug-likeness (QED) is 0.626. The van der Waals surface area contributed by atoms with E-state index in [2.05, 4.69) is 18.6 Å². The minimum atomic E-state index is 0.625. The van der Waals surface area contributed by atoms with E-state index in [0.29, 0.717) is 6.61 Å². The second-order valence-corrected chi connectivity index (χ2v) is 3.57. The van der Waals surface area contributed by atoms with Crippen molar-refractivity contribution in [3.8, 4) is 5.75 Å². The molecule has 0 amide bonds. The lowest BCUT2D eigenvalue weighted by atomic mass is 10.0. The topological polar surface area (TPSA) is 9.23 Å². The Labute approximate surface area is 89.3 Å². The molecular formula is C14H10O. The normalized spacial score (nSPS) is 13.3. The van der Waals surface area contributed by atoms with Crippen LogP contribution in [0.3, 0.4) is 0 Å². The zero-order valence-corrected chi connectivity index (χ0v) is 8.23. The summed E-state index contributed by atoms with van der Waals surface area (Å²) in [6.45, 7) is 0.625. The fourth-order valence-corrected chi connectivity index (χ4v) is 1.76. The van der Waals surface area contributed by atoms with Gasteiger partial charge in [-0.05, 0) is 17.2 Å². The lowest BCUT2D eigenvalue weighted by molar-refractivity contribution is 0.307. The molecule has 1 aliphatic rings. The van der Waals surface area contributed by atoms with Gasteiger partial charge in [0, 0.05) is 5.56 Å². The van der Waals surface area contributed by atoms with Crippen LogP contribution in [0.15, 0.2) is 48.5 Å². The second-order valence-electron chi connectivity index (χ2n) is 3.57. The SMILES string of the molecule is [C]1c2ccccc2COc2ccccc21. The summed E-state index contributed by atoms with van der Waals surface area (Å²) in [4.78, 5) is 0. The molecule has 1 heteroatoms. The molecule has 0 unspecified atom stereocenters. The highest BCUT2D eigenvalue weighted by molar-refractivity contribution is 5.49. The Hall–Kier alpha value is -1.76. The van der Waals surface area contributed by atoms with Gasteiger partial charge < -0.3 is 4.74 Å².